The number of carbonyl (C=O) groups is 1. The number of hydrogen-bond acceptors (Lipinski definition) is 5. The molecule has 1 aromatic heterocycles. The maximum absolute atomic E-state index is 12.2. The molecular weight excluding hydrogens is 418 g/mol. The number of halogens is 1. The third kappa shape index (κ3) is 4.33. The van der Waals surface area contributed by atoms with Crippen LogP contribution in [-0.2, 0) is 9.84 Å². The number of aromatic nitrogens is 2. The molecule has 0 atom stereocenters. The van der Waals surface area contributed by atoms with Crippen LogP contribution in [0.25, 0.3) is 11.3 Å². The molecule has 8 heteroatoms. The number of carbonyl (C=O) groups excluding carboxylic acids is 1. The van der Waals surface area contributed by atoms with E-state index in [1.54, 1.807) is 48.5 Å². The van der Waals surface area contributed by atoms with Crippen LogP contribution in [0.2, 0.25) is 0 Å². The molecule has 0 spiro atoms. The van der Waals surface area contributed by atoms with Gasteiger partial charge in [0.05, 0.1) is 5.69 Å². The number of benzene rings is 2. The number of nitrogens with zero attached hydrogens (tertiary/aromatic N) is 2. The summed E-state index contributed by atoms with van der Waals surface area (Å²) in [5.74, 6) is -0.212. The fraction of sp³-hybridized carbons (Fsp3) is 0.0556. The van der Waals surface area contributed by atoms with E-state index in [4.69, 9.17) is 0 Å². The fourth-order valence-electron chi connectivity index (χ4n) is 2.23. The molecule has 0 aliphatic heterocycles. The summed E-state index contributed by atoms with van der Waals surface area (Å²) >= 11 is 3.34. The Morgan fingerprint density at radius 2 is 1.73 bits per heavy atom. The third-order valence-electron chi connectivity index (χ3n) is 3.55. The second kappa shape index (κ2) is 7.35. The van der Waals surface area contributed by atoms with E-state index < -0.39 is 9.84 Å². The first-order valence-corrected chi connectivity index (χ1v) is 10.2. The first-order chi connectivity index (χ1) is 12.3. The molecule has 0 unspecified atom stereocenters. The van der Waals surface area contributed by atoms with Crippen molar-refractivity contribution < 1.29 is 13.2 Å². The van der Waals surface area contributed by atoms with Gasteiger partial charge in [-0.25, -0.2) is 8.42 Å². The molecule has 132 valence electrons. The van der Waals surface area contributed by atoms with Gasteiger partial charge in [0.1, 0.15) is 0 Å². The van der Waals surface area contributed by atoms with Gasteiger partial charge in [0.25, 0.3) is 5.91 Å². The van der Waals surface area contributed by atoms with E-state index in [0.29, 0.717) is 16.9 Å². The zero-order valence-electron chi connectivity index (χ0n) is 13.7. The molecule has 0 saturated carbocycles. The summed E-state index contributed by atoms with van der Waals surface area (Å²) in [4.78, 5) is 12.2. The van der Waals surface area contributed by atoms with Crippen molar-refractivity contribution in [1.29, 1.82) is 0 Å². The second-order valence-corrected chi connectivity index (χ2v) is 8.45. The number of rotatable bonds is 4. The molecule has 1 N–H and O–H groups in total. The van der Waals surface area contributed by atoms with Crippen LogP contribution in [0.4, 0.5) is 5.69 Å². The molecule has 6 nitrogen and oxygen atoms in total. The lowest BCUT2D eigenvalue weighted by molar-refractivity contribution is 0.102. The molecule has 0 aliphatic rings. The highest BCUT2D eigenvalue weighted by atomic mass is 79.9. The van der Waals surface area contributed by atoms with Gasteiger partial charge in [0.15, 0.2) is 14.9 Å². The van der Waals surface area contributed by atoms with Gasteiger partial charge in [0, 0.05) is 27.5 Å². The zero-order chi connectivity index (χ0) is 18.7. The minimum atomic E-state index is -3.38. The molecule has 0 radical (unpaired) electrons. The lowest BCUT2D eigenvalue weighted by Crippen LogP contribution is -2.11. The molecule has 3 rings (SSSR count). The molecular formula is C18H14BrN3O3S. The van der Waals surface area contributed by atoms with Crippen LogP contribution >= 0.6 is 15.9 Å². The van der Waals surface area contributed by atoms with Crippen LogP contribution in [-0.4, -0.2) is 30.8 Å². The fourth-order valence-corrected chi connectivity index (χ4v) is 3.13. The number of nitrogens with one attached hydrogen (secondary N) is 1. The minimum Gasteiger partial charge on any atom is -0.322 e. The molecule has 2 aromatic carbocycles. The average Bonchev–Trinajstić information content (AvgIpc) is 2.62. The van der Waals surface area contributed by atoms with Gasteiger partial charge in [-0.05, 0) is 42.5 Å². The van der Waals surface area contributed by atoms with E-state index >= 15 is 0 Å². The normalized spacial score (nSPS) is 11.2. The van der Waals surface area contributed by atoms with Crippen molar-refractivity contribution in [3.05, 3.63) is 70.7 Å². The van der Waals surface area contributed by atoms with Crippen LogP contribution in [0.15, 0.2) is 70.2 Å². The summed E-state index contributed by atoms with van der Waals surface area (Å²) in [6.45, 7) is 0. The molecule has 26 heavy (non-hydrogen) atoms. The van der Waals surface area contributed by atoms with Crippen molar-refractivity contribution in [2.24, 2.45) is 0 Å². The Hall–Kier alpha value is -2.58. The van der Waals surface area contributed by atoms with Gasteiger partial charge in [-0.2, -0.15) is 0 Å². The molecule has 3 aromatic rings. The van der Waals surface area contributed by atoms with E-state index in [1.807, 2.05) is 6.07 Å². The summed E-state index contributed by atoms with van der Waals surface area (Å²) in [6, 6.07) is 17.2. The van der Waals surface area contributed by atoms with E-state index in [1.165, 1.54) is 6.07 Å². The van der Waals surface area contributed by atoms with Gasteiger partial charge in [0.2, 0.25) is 0 Å². The summed E-state index contributed by atoms with van der Waals surface area (Å²) in [5.41, 5.74) is 2.49. The quantitative estimate of drug-likeness (QED) is 0.681. The largest absolute Gasteiger partial charge is 0.322 e. The number of sulfone groups is 1. The summed E-state index contributed by atoms with van der Waals surface area (Å²) < 4.78 is 23.7. The Kier molecular flexibility index (Phi) is 5.15. The Morgan fingerprint density at radius 1 is 1.00 bits per heavy atom. The van der Waals surface area contributed by atoms with Gasteiger partial charge < -0.3 is 5.32 Å². The molecule has 1 amide bonds. The standard InChI is InChI=1S/C18H14BrN3O3S/c1-26(24,25)17-10-9-16(21-22-17)12-5-7-15(8-6-12)20-18(23)13-3-2-4-14(19)11-13/h2-11H,1H3,(H,20,23). The molecule has 0 fully saturated rings. The highest BCUT2D eigenvalue weighted by Crippen LogP contribution is 2.20. The van der Waals surface area contributed by atoms with E-state index in [0.717, 1.165) is 16.3 Å². The SMILES string of the molecule is CS(=O)(=O)c1ccc(-c2ccc(NC(=O)c3cccc(Br)c3)cc2)nn1. The average molecular weight is 432 g/mol. The topological polar surface area (TPSA) is 89.0 Å². The first-order valence-electron chi connectivity index (χ1n) is 7.54. The van der Waals surface area contributed by atoms with Crippen molar-refractivity contribution in [3.8, 4) is 11.3 Å². The monoisotopic (exact) mass is 431 g/mol. The van der Waals surface area contributed by atoms with E-state index in [-0.39, 0.29) is 10.9 Å². The Bertz CT molecular complexity index is 1050. The minimum absolute atomic E-state index is 0.0702. The maximum atomic E-state index is 12.2. The second-order valence-electron chi connectivity index (χ2n) is 5.57. The van der Waals surface area contributed by atoms with Crippen molar-refractivity contribution in [1.82, 2.24) is 10.2 Å². The van der Waals surface area contributed by atoms with Crippen molar-refractivity contribution in [3.63, 3.8) is 0 Å². The Balaban J connectivity index is 1.75. The maximum Gasteiger partial charge on any atom is 0.255 e. The first kappa shape index (κ1) is 18.2. The number of amides is 1. The molecule has 0 saturated heterocycles. The molecule has 1 heterocycles. The van der Waals surface area contributed by atoms with Crippen LogP contribution in [0.5, 0.6) is 0 Å². The number of hydrogen-bond donors (Lipinski definition) is 1. The van der Waals surface area contributed by atoms with E-state index in [9.17, 15) is 13.2 Å². The predicted octanol–water partition coefficient (Wildman–Crippen LogP) is 3.56. The van der Waals surface area contributed by atoms with Crippen molar-refractivity contribution in [2.45, 2.75) is 5.03 Å². The summed E-state index contributed by atoms with van der Waals surface area (Å²) in [7, 11) is -3.38. The summed E-state index contributed by atoms with van der Waals surface area (Å²) in [5, 5.41) is 10.4. The van der Waals surface area contributed by atoms with Gasteiger partial charge >= 0.3 is 0 Å². The Labute approximate surface area is 159 Å². The summed E-state index contributed by atoms with van der Waals surface area (Å²) in [6.07, 6.45) is 1.08. The van der Waals surface area contributed by atoms with Crippen LogP contribution in [0, 0.1) is 0 Å². The number of anilines is 1. The van der Waals surface area contributed by atoms with Crippen LogP contribution < -0.4 is 5.32 Å². The highest BCUT2D eigenvalue weighted by Gasteiger charge is 2.10. The highest BCUT2D eigenvalue weighted by molar-refractivity contribution is 9.10. The van der Waals surface area contributed by atoms with E-state index in [2.05, 4.69) is 31.4 Å². The third-order valence-corrected chi connectivity index (χ3v) is 5.02. The smallest absolute Gasteiger partial charge is 0.255 e. The van der Waals surface area contributed by atoms with Crippen LogP contribution in [0.3, 0.4) is 0 Å². The lowest BCUT2D eigenvalue weighted by Gasteiger charge is -2.07. The van der Waals surface area contributed by atoms with Crippen molar-refractivity contribution in [2.75, 3.05) is 11.6 Å². The van der Waals surface area contributed by atoms with Crippen molar-refractivity contribution >= 4 is 37.4 Å². The molecule has 0 aliphatic carbocycles. The predicted molar refractivity (Wildman–Crippen MR) is 103 cm³/mol. The van der Waals surface area contributed by atoms with Gasteiger partial charge in [-0.1, -0.05) is 34.1 Å². The zero-order valence-corrected chi connectivity index (χ0v) is 16.1. The Morgan fingerprint density at radius 3 is 2.31 bits per heavy atom. The van der Waals surface area contributed by atoms with Crippen LogP contribution in [0.1, 0.15) is 10.4 Å². The lowest BCUT2D eigenvalue weighted by atomic mass is 10.1. The molecule has 0 bridgehead atoms. The van der Waals surface area contributed by atoms with Gasteiger partial charge in [-0.3, -0.25) is 4.79 Å². The van der Waals surface area contributed by atoms with Gasteiger partial charge in [-0.15, -0.1) is 10.2 Å².